The van der Waals surface area contributed by atoms with Gasteiger partial charge < -0.3 is 20.3 Å². The predicted molar refractivity (Wildman–Crippen MR) is 343 cm³/mol. The van der Waals surface area contributed by atoms with Crippen LogP contribution in [0.2, 0.25) is 0 Å². The maximum Gasteiger partial charge on any atom is 0.305 e. The van der Waals surface area contributed by atoms with Crippen molar-refractivity contribution in [3.63, 3.8) is 0 Å². The molecular formula is C72H137NO5. The van der Waals surface area contributed by atoms with E-state index in [-0.39, 0.29) is 18.5 Å². The lowest BCUT2D eigenvalue weighted by molar-refractivity contribution is -0.143. The van der Waals surface area contributed by atoms with E-state index in [9.17, 15) is 19.8 Å². The zero-order valence-corrected chi connectivity index (χ0v) is 52.7. The lowest BCUT2D eigenvalue weighted by atomic mass is 10.0. The number of ether oxygens (including phenoxy) is 1. The molecule has 0 aliphatic heterocycles. The molecule has 0 aromatic heterocycles. The number of carbonyl (C=O) groups is 2. The van der Waals surface area contributed by atoms with E-state index in [2.05, 4.69) is 55.6 Å². The van der Waals surface area contributed by atoms with E-state index in [1.807, 2.05) is 0 Å². The highest BCUT2D eigenvalue weighted by Crippen LogP contribution is 2.19. The van der Waals surface area contributed by atoms with Crippen LogP contribution >= 0.6 is 0 Å². The molecule has 0 rings (SSSR count). The second kappa shape index (κ2) is 67.6. The molecule has 2 atom stereocenters. The van der Waals surface area contributed by atoms with Gasteiger partial charge in [0.1, 0.15) is 0 Å². The average molecular weight is 1100 g/mol. The summed E-state index contributed by atoms with van der Waals surface area (Å²) in [5.41, 5.74) is 0. The van der Waals surface area contributed by atoms with E-state index < -0.39 is 12.1 Å². The Kier molecular flexibility index (Phi) is 65.9. The van der Waals surface area contributed by atoms with Gasteiger partial charge in [0.2, 0.25) is 5.91 Å². The van der Waals surface area contributed by atoms with E-state index in [4.69, 9.17) is 4.74 Å². The number of aliphatic hydroxyl groups is 2. The highest BCUT2D eigenvalue weighted by Gasteiger charge is 2.20. The van der Waals surface area contributed by atoms with Gasteiger partial charge in [-0.15, -0.1) is 0 Å². The minimum atomic E-state index is -0.665. The molecule has 78 heavy (non-hydrogen) atoms. The van der Waals surface area contributed by atoms with Crippen molar-refractivity contribution in [1.29, 1.82) is 0 Å². The summed E-state index contributed by atoms with van der Waals surface area (Å²) in [5.74, 6) is -0.0291. The summed E-state index contributed by atoms with van der Waals surface area (Å²) in [6.45, 7) is 4.92. The van der Waals surface area contributed by atoms with Crippen molar-refractivity contribution in [2.75, 3.05) is 13.2 Å². The number of aliphatic hydroxyl groups excluding tert-OH is 2. The molecule has 0 aromatic rings. The molecule has 0 aromatic carbocycles. The molecule has 0 heterocycles. The summed E-state index contributed by atoms with van der Waals surface area (Å²) in [4.78, 5) is 24.6. The Morgan fingerprint density at radius 1 is 0.359 bits per heavy atom. The van der Waals surface area contributed by atoms with Crippen LogP contribution in [0.5, 0.6) is 0 Å². The third kappa shape index (κ3) is 63.3. The minimum absolute atomic E-state index is 0.00144. The molecule has 0 fully saturated rings. The van der Waals surface area contributed by atoms with E-state index >= 15 is 0 Å². The Labute approximate surface area is 487 Å². The summed E-state index contributed by atoms with van der Waals surface area (Å²) in [6.07, 6.45) is 86.2. The lowest BCUT2D eigenvalue weighted by Gasteiger charge is -2.22. The summed E-state index contributed by atoms with van der Waals surface area (Å²) in [6, 6.07) is -0.542. The van der Waals surface area contributed by atoms with Gasteiger partial charge in [-0.05, 0) is 77.0 Å². The molecule has 6 heteroatoms. The van der Waals surface area contributed by atoms with Crippen LogP contribution in [-0.2, 0) is 14.3 Å². The Morgan fingerprint density at radius 2 is 0.667 bits per heavy atom. The van der Waals surface area contributed by atoms with Gasteiger partial charge >= 0.3 is 5.97 Å². The smallest absolute Gasteiger partial charge is 0.305 e. The van der Waals surface area contributed by atoms with Crippen molar-refractivity contribution in [2.24, 2.45) is 0 Å². The fourth-order valence-corrected chi connectivity index (χ4v) is 11.0. The van der Waals surface area contributed by atoms with Crippen LogP contribution in [0.3, 0.4) is 0 Å². The molecule has 460 valence electrons. The van der Waals surface area contributed by atoms with Gasteiger partial charge in [0.05, 0.1) is 25.4 Å². The van der Waals surface area contributed by atoms with E-state index in [1.165, 1.54) is 302 Å². The monoisotopic (exact) mass is 1100 g/mol. The van der Waals surface area contributed by atoms with Gasteiger partial charge in [-0.3, -0.25) is 9.59 Å². The molecule has 0 radical (unpaired) electrons. The first kappa shape index (κ1) is 76.1. The second-order valence-corrected chi connectivity index (χ2v) is 24.2. The Hall–Kier alpha value is -1.92. The molecule has 2 unspecified atom stereocenters. The number of rotatable bonds is 66. The highest BCUT2D eigenvalue weighted by molar-refractivity contribution is 5.76. The molecule has 1 amide bonds. The minimum Gasteiger partial charge on any atom is -0.466 e. The molecule has 6 nitrogen and oxygen atoms in total. The standard InChI is InChI=1S/C72H137NO5/c1-3-5-7-9-11-13-15-17-18-19-31-34-37-41-44-48-52-56-60-64-70(75)69(68-74)73-71(76)65-61-57-53-49-45-42-38-35-32-29-27-25-23-21-20-22-24-26-28-30-33-36-39-43-47-51-55-59-63-67-78-72(77)66-62-58-54-50-46-40-16-14-12-10-8-6-4-2/h8,10,14,16,20,22,69-70,74-75H,3-7,9,11-13,15,17-19,21,23-68H2,1-2H3,(H,73,76)/b10-8-,16-14-,22-20-. The number of allylic oxidation sites excluding steroid dienone is 6. The van der Waals surface area contributed by atoms with Crippen molar-refractivity contribution in [3.8, 4) is 0 Å². The lowest BCUT2D eigenvalue weighted by Crippen LogP contribution is -2.45. The average Bonchev–Trinajstić information content (AvgIpc) is 3.44. The van der Waals surface area contributed by atoms with Gasteiger partial charge in [-0.25, -0.2) is 0 Å². The largest absolute Gasteiger partial charge is 0.466 e. The van der Waals surface area contributed by atoms with Crippen molar-refractivity contribution in [3.05, 3.63) is 36.5 Å². The Morgan fingerprint density at radius 3 is 1.04 bits per heavy atom. The quantitative estimate of drug-likeness (QED) is 0.0320. The maximum atomic E-state index is 12.5. The number of carbonyl (C=O) groups excluding carboxylic acids is 2. The Bertz CT molecular complexity index is 1260. The number of esters is 1. The Balaban J connectivity index is 3.38. The van der Waals surface area contributed by atoms with Crippen LogP contribution < -0.4 is 5.32 Å². The molecule has 0 aliphatic carbocycles. The van der Waals surface area contributed by atoms with Gasteiger partial charge in [-0.2, -0.15) is 0 Å². The zero-order chi connectivity index (χ0) is 56.4. The van der Waals surface area contributed by atoms with Crippen LogP contribution in [0.4, 0.5) is 0 Å². The number of hydrogen-bond donors (Lipinski definition) is 3. The summed E-state index contributed by atoms with van der Waals surface area (Å²) < 4.78 is 5.47. The molecule has 3 N–H and O–H groups in total. The number of unbranched alkanes of at least 4 members (excludes halogenated alkanes) is 49. The van der Waals surface area contributed by atoms with Crippen LogP contribution in [0.25, 0.3) is 0 Å². The van der Waals surface area contributed by atoms with E-state index in [0.717, 1.165) is 51.4 Å². The first-order valence-corrected chi connectivity index (χ1v) is 35.2. The van der Waals surface area contributed by atoms with Crippen LogP contribution in [0.1, 0.15) is 386 Å². The fourth-order valence-electron chi connectivity index (χ4n) is 11.0. The van der Waals surface area contributed by atoms with Crippen molar-refractivity contribution in [1.82, 2.24) is 5.32 Å². The summed E-state index contributed by atoms with van der Waals surface area (Å²) >= 11 is 0. The van der Waals surface area contributed by atoms with Crippen LogP contribution in [0, 0.1) is 0 Å². The summed E-state index contributed by atoms with van der Waals surface area (Å²) in [5, 5.41) is 23.4. The van der Waals surface area contributed by atoms with Crippen molar-refractivity contribution < 1.29 is 24.5 Å². The SMILES string of the molecule is CCC/C=C\C/C=C\CCCCCCCC(=O)OCCCCCCCCCCCCCC/C=C\CCCCCCCCCCCCCCCC(=O)NC(CO)C(O)CCCCCCCCCCCCCCCCCCCCC. The van der Waals surface area contributed by atoms with Crippen LogP contribution in [0.15, 0.2) is 36.5 Å². The predicted octanol–water partition coefficient (Wildman–Crippen LogP) is 22.7. The normalized spacial score (nSPS) is 12.7. The highest BCUT2D eigenvalue weighted by atomic mass is 16.5. The second-order valence-electron chi connectivity index (χ2n) is 24.2. The molecule has 0 bridgehead atoms. The topological polar surface area (TPSA) is 95.9 Å². The first-order chi connectivity index (χ1) is 38.5. The molecular weight excluding hydrogens is 959 g/mol. The van der Waals surface area contributed by atoms with Crippen molar-refractivity contribution >= 4 is 11.9 Å². The van der Waals surface area contributed by atoms with Gasteiger partial charge in [0.25, 0.3) is 0 Å². The first-order valence-electron chi connectivity index (χ1n) is 35.2. The number of hydrogen-bond acceptors (Lipinski definition) is 5. The number of amides is 1. The van der Waals surface area contributed by atoms with Gasteiger partial charge in [0, 0.05) is 12.8 Å². The third-order valence-electron chi connectivity index (χ3n) is 16.4. The number of nitrogens with one attached hydrogen (secondary N) is 1. The molecule has 0 saturated heterocycles. The molecule has 0 saturated carbocycles. The maximum absolute atomic E-state index is 12.5. The van der Waals surface area contributed by atoms with E-state index in [0.29, 0.717) is 25.9 Å². The third-order valence-corrected chi connectivity index (χ3v) is 16.4. The van der Waals surface area contributed by atoms with Crippen molar-refractivity contribution in [2.45, 2.75) is 398 Å². The van der Waals surface area contributed by atoms with Gasteiger partial charge in [-0.1, -0.05) is 333 Å². The molecule has 0 aliphatic rings. The van der Waals surface area contributed by atoms with E-state index in [1.54, 1.807) is 0 Å². The van der Waals surface area contributed by atoms with Gasteiger partial charge in [0.15, 0.2) is 0 Å². The zero-order valence-electron chi connectivity index (χ0n) is 52.7. The van der Waals surface area contributed by atoms with Crippen LogP contribution in [-0.4, -0.2) is 47.4 Å². The molecule has 0 spiro atoms. The fraction of sp³-hybridized carbons (Fsp3) is 0.889. The summed E-state index contributed by atoms with van der Waals surface area (Å²) in [7, 11) is 0.